The number of benzene rings is 1. The Labute approximate surface area is 110 Å². The van der Waals surface area contributed by atoms with Gasteiger partial charge in [-0.05, 0) is 37.0 Å². The van der Waals surface area contributed by atoms with E-state index >= 15 is 0 Å². The second-order valence-electron chi connectivity index (χ2n) is 4.76. The van der Waals surface area contributed by atoms with E-state index in [-0.39, 0.29) is 5.76 Å². The molecule has 1 aromatic carbocycles. The third-order valence-corrected chi connectivity index (χ3v) is 3.20. The first kappa shape index (κ1) is 11.9. The number of furan rings is 1. The molecule has 1 aromatic heterocycles. The fraction of sp³-hybridized carbons (Fsp3) is 0.357. The molecule has 0 radical (unpaired) electrons. The topological polar surface area (TPSA) is 74.7 Å². The number of hydrogen-bond donors (Lipinski definition) is 1. The zero-order valence-corrected chi connectivity index (χ0v) is 10.6. The molecule has 0 aliphatic heterocycles. The number of ether oxygens (including phenoxy) is 2. The van der Waals surface area contributed by atoms with Gasteiger partial charge in [-0.3, -0.25) is 0 Å². The molecule has 0 saturated heterocycles. The largest absolute Gasteiger partial charge is 0.488 e. The first-order valence-electron chi connectivity index (χ1n) is 6.22. The molecule has 1 saturated carbocycles. The van der Waals surface area contributed by atoms with Crippen LogP contribution in [-0.4, -0.2) is 19.7 Å². The summed E-state index contributed by atoms with van der Waals surface area (Å²) in [5.41, 5.74) is 6.93. The van der Waals surface area contributed by atoms with Crippen LogP contribution in [0, 0.1) is 5.92 Å². The summed E-state index contributed by atoms with van der Waals surface area (Å²) < 4.78 is 16.0. The molecule has 1 heterocycles. The van der Waals surface area contributed by atoms with Crippen LogP contribution in [0.15, 0.2) is 22.6 Å². The summed E-state index contributed by atoms with van der Waals surface area (Å²) in [4.78, 5) is 11.7. The normalized spacial score (nSPS) is 14.6. The van der Waals surface area contributed by atoms with Crippen molar-refractivity contribution < 1.29 is 18.7 Å². The summed E-state index contributed by atoms with van der Waals surface area (Å²) >= 11 is 0. The lowest BCUT2D eigenvalue weighted by molar-refractivity contribution is 0.0561. The summed E-state index contributed by atoms with van der Waals surface area (Å²) in [6.45, 7) is 0.591. The van der Waals surface area contributed by atoms with E-state index in [0.717, 1.165) is 0 Å². The van der Waals surface area contributed by atoms with Gasteiger partial charge in [0.15, 0.2) is 5.75 Å². The zero-order valence-electron chi connectivity index (χ0n) is 10.6. The van der Waals surface area contributed by atoms with E-state index in [1.807, 2.05) is 0 Å². The van der Waals surface area contributed by atoms with Crippen LogP contribution in [-0.2, 0) is 4.74 Å². The lowest BCUT2D eigenvalue weighted by Gasteiger charge is -2.04. The Bertz CT molecular complexity index is 628. The molecule has 2 aromatic rings. The molecule has 1 fully saturated rings. The van der Waals surface area contributed by atoms with Crippen molar-refractivity contribution in [2.24, 2.45) is 5.92 Å². The average molecular weight is 261 g/mol. The van der Waals surface area contributed by atoms with E-state index in [0.29, 0.717) is 34.9 Å². The average Bonchev–Trinajstić information content (AvgIpc) is 3.17. The van der Waals surface area contributed by atoms with E-state index in [9.17, 15) is 4.79 Å². The Morgan fingerprint density at radius 2 is 2.26 bits per heavy atom. The molecule has 5 heteroatoms. The van der Waals surface area contributed by atoms with E-state index in [1.165, 1.54) is 20.0 Å². The lowest BCUT2D eigenvalue weighted by atomic mass is 10.2. The SMILES string of the molecule is COC(=O)c1oc2ccc(N)cc2c1OCC1CC1. The van der Waals surface area contributed by atoms with Crippen molar-refractivity contribution in [3.8, 4) is 5.75 Å². The van der Waals surface area contributed by atoms with Crippen molar-refractivity contribution in [1.82, 2.24) is 0 Å². The van der Waals surface area contributed by atoms with Crippen LogP contribution < -0.4 is 10.5 Å². The van der Waals surface area contributed by atoms with Crippen LogP contribution in [0.25, 0.3) is 11.0 Å². The molecule has 0 spiro atoms. The fourth-order valence-corrected chi connectivity index (χ4v) is 1.95. The Kier molecular flexibility index (Phi) is 2.81. The second kappa shape index (κ2) is 4.50. The van der Waals surface area contributed by atoms with E-state index in [4.69, 9.17) is 19.6 Å². The highest BCUT2D eigenvalue weighted by Crippen LogP contribution is 2.37. The Morgan fingerprint density at radius 3 is 2.95 bits per heavy atom. The maximum atomic E-state index is 11.7. The number of carbonyl (C=O) groups excluding carboxylic acids is 1. The fourth-order valence-electron chi connectivity index (χ4n) is 1.95. The zero-order chi connectivity index (χ0) is 13.4. The minimum absolute atomic E-state index is 0.101. The number of nitrogens with two attached hydrogens (primary N) is 1. The minimum Gasteiger partial charge on any atom is -0.488 e. The van der Waals surface area contributed by atoms with Gasteiger partial charge in [-0.25, -0.2) is 4.79 Å². The molecule has 0 amide bonds. The molecule has 1 aliphatic carbocycles. The first-order valence-corrected chi connectivity index (χ1v) is 6.22. The third-order valence-electron chi connectivity index (χ3n) is 3.20. The van der Waals surface area contributed by atoms with E-state index in [1.54, 1.807) is 18.2 Å². The van der Waals surface area contributed by atoms with Crippen LogP contribution in [0.3, 0.4) is 0 Å². The molecule has 0 unspecified atom stereocenters. The lowest BCUT2D eigenvalue weighted by Crippen LogP contribution is -2.05. The maximum absolute atomic E-state index is 11.7. The number of anilines is 1. The van der Waals surface area contributed by atoms with E-state index in [2.05, 4.69) is 0 Å². The molecule has 0 bridgehead atoms. The molecular weight excluding hydrogens is 246 g/mol. The highest BCUT2D eigenvalue weighted by atomic mass is 16.5. The van der Waals surface area contributed by atoms with E-state index < -0.39 is 5.97 Å². The van der Waals surface area contributed by atoms with Crippen molar-refractivity contribution in [3.63, 3.8) is 0 Å². The Morgan fingerprint density at radius 1 is 1.47 bits per heavy atom. The first-order chi connectivity index (χ1) is 9.19. The van der Waals surface area contributed by atoms with Gasteiger partial charge in [0.25, 0.3) is 5.76 Å². The Hall–Kier alpha value is -2.17. The number of hydrogen-bond acceptors (Lipinski definition) is 5. The molecule has 3 rings (SSSR count). The smallest absolute Gasteiger partial charge is 0.377 e. The second-order valence-corrected chi connectivity index (χ2v) is 4.76. The van der Waals surface area contributed by atoms with Gasteiger partial charge in [0.05, 0.1) is 19.1 Å². The molecule has 0 atom stereocenters. The van der Waals surface area contributed by atoms with Gasteiger partial charge < -0.3 is 19.6 Å². The van der Waals surface area contributed by atoms with Gasteiger partial charge in [-0.2, -0.15) is 0 Å². The summed E-state index contributed by atoms with van der Waals surface area (Å²) in [6, 6.07) is 5.19. The standard InChI is InChI=1S/C14H15NO4/c1-17-14(16)13-12(18-7-8-2-3-8)10-6-9(15)4-5-11(10)19-13/h4-6,8H,2-3,7,15H2,1H3. The molecule has 5 nitrogen and oxygen atoms in total. The molecule has 1 aliphatic rings. The predicted molar refractivity (Wildman–Crippen MR) is 70.2 cm³/mol. The van der Waals surface area contributed by atoms with Gasteiger partial charge in [0, 0.05) is 5.69 Å². The van der Waals surface area contributed by atoms with Crippen molar-refractivity contribution in [2.45, 2.75) is 12.8 Å². The van der Waals surface area contributed by atoms with Gasteiger partial charge in [-0.1, -0.05) is 0 Å². The summed E-state index contributed by atoms with van der Waals surface area (Å²) in [7, 11) is 1.31. The van der Waals surface area contributed by atoms with Crippen molar-refractivity contribution in [2.75, 3.05) is 19.5 Å². The van der Waals surface area contributed by atoms with Crippen molar-refractivity contribution in [3.05, 3.63) is 24.0 Å². The summed E-state index contributed by atoms with van der Waals surface area (Å²) in [6.07, 6.45) is 2.34. The third kappa shape index (κ3) is 2.23. The van der Waals surface area contributed by atoms with Crippen LogP contribution in [0.5, 0.6) is 5.75 Å². The summed E-state index contributed by atoms with van der Waals surface area (Å²) in [5.74, 6) is 0.571. The Balaban J connectivity index is 2.05. The monoisotopic (exact) mass is 261 g/mol. The van der Waals surface area contributed by atoms with Crippen LogP contribution in [0.4, 0.5) is 5.69 Å². The highest BCUT2D eigenvalue weighted by Gasteiger charge is 2.27. The van der Waals surface area contributed by atoms with Crippen LogP contribution in [0.1, 0.15) is 23.4 Å². The van der Waals surface area contributed by atoms with Gasteiger partial charge in [-0.15, -0.1) is 0 Å². The number of fused-ring (bicyclic) bond motifs is 1. The highest BCUT2D eigenvalue weighted by molar-refractivity contribution is 5.99. The molecule has 2 N–H and O–H groups in total. The molecule has 19 heavy (non-hydrogen) atoms. The number of nitrogen functional groups attached to an aromatic ring is 1. The molecule has 100 valence electrons. The van der Waals surface area contributed by atoms with Gasteiger partial charge >= 0.3 is 5.97 Å². The van der Waals surface area contributed by atoms with Crippen molar-refractivity contribution in [1.29, 1.82) is 0 Å². The van der Waals surface area contributed by atoms with Gasteiger partial charge in [0.2, 0.25) is 0 Å². The van der Waals surface area contributed by atoms with Crippen LogP contribution >= 0.6 is 0 Å². The predicted octanol–water partition coefficient (Wildman–Crippen LogP) is 2.59. The quantitative estimate of drug-likeness (QED) is 0.676. The number of carbonyl (C=O) groups is 1. The maximum Gasteiger partial charge on any atom is 0.377 e. The summed E-state index contributed by atoms with van der Waals surface area (Å²) in [5, 5.41) is 0.709. The number of methoxy groups -OCH3 is 1. The minimum atomic E-state index is -0.541. The van der Waals surface area contributed by atoms with Gasteiger partial charge in [0.1, 0.15) is 5.58 Å². The number of esters is 1. The van der Waals surface area contributed by atoms with Crippen molar-refractivity contribution >= 4 is 22.6 Å². The number of rotatable bonds is 4. The van der Waals surface area contributed by atoms with Crippen LogP contribution in [0.2, 0.25) is 0 Å². The molecular formula is C14H15NO4.